The zero-order valence-electron chi connectivity index (χ0n) is 10.7. The number of rotatable bonds is 7. The molecule has 0 aliphatic heterocycles. The van der Waals surface area contributed by atoms with E-state index in [9.17, 15) is 24.6 Å². The van der Waals surface area contributed by atoms with Crippen LogP contribution in [0.1, 0.15) is 40.0 Å². The lowest BCUT2D eigenvalue weighted by Crippen LogP contribution is -2.37. The van der Waals surface area contributed by atoms with Crippen molar-refractivity contribution in [3.05, 3.63) is 11.1 Å². The fraction of sp³-hybridized carbons (Fsp3) is 0.583. The Kier molecular flexibility index (Phi) is 5.55. The van der Waals surface area contributed by atoms with Gasteiger partial charge in [0.2, 0.25) is 0 Å². The Bertz CT molecular complexity index is 389. The van der Waals surface area contributed by atoms with Gasteiger partial charge in [0.15, 0.2) is 0 Å². The molecule has 0 saturated carbocycles. The SMILES string of the molecule is CCC(C(=O)O)=C(C(=O)O)C(CC)(CC)C(=O)O. The molecule has 0 bridgehead atoms. The Balaban J connectivity index is 6.27. The minimum absolute atomic E-state index is 0.0250. The molecule has 0 aromatic heterocycles. The highest BCUT2D eigenvalue weighted by Gasteiger charge is 2.44. The Labute approximate surface area is 105 Å². The normalized spacial score (nSPS) is 12.8. The van der Waals surface area contributed by atoms with Crippen molar-refractivity contribution in [2.24, 2.45) is 5.41 Å². The van der Waals surface area contributed by atoms with Crippen molar-refractivity contribution in [2.45, 2.75) is 40.0 Å². The largest absolute Gasteiger partial charge is 0.481 e. The average molecular weight is 258 g/mol. The summed E-state index contributed by atoms with van der Waals surface area (Å²) in [4.78, 5) is 33.7. The highest BCUT2D eigenvalue weighted by atomic mass is 16.4. The van der Waals surface area contributed by atoms with E-state index in [4.69, 9.17) is 5.11 Å². The predicted octanol–water partition coefficient (Wildman–Crippen LogP) is 1.75. The first-order chi connectivity index (χ1) is 8.28. The van der Waals surface area contributed by atoms with E-state index < -0.39 is 28.9 Å². The third-order valence-electron chi connectivity index (χ3n) is 3.22. The van der Waals surface area contributed by atoms with Crippen molar-refractivity contribution in [3.63, 3.8) is 0 Å². The zero-order chi connectivity index (χ0) is 14.5. The number of carbonyl (C=O) groups is 3. The lowest BCUT2D eigenvalue weighted by atomic mass is 9.73. The predicted molar refractivity (Wildman–Crippen MR) is 63.2 cm³/mol. The fourth-order valence-corrected chi connectivity index (χ4v) is 2.07. The maximum Gasteiger partial charge on any atom is 0.333 e. The molecule has 0 rings (SSSR count). The molecule has 0 aliphatic rings. The minimum atomic E-state index is -1.66. The summed E-state index contributed by atoms with van der Waals surface area (Å²) in [5.74, 6) is -4.18. The summed E-state index contributed by atoms with van der Waals surface area (Å²) in [7, 11) is 0. The summed E-state index contributed by atoms with van der Waals surface area (Å²) in [6.07, 6.45) is 0.0144. The van der Waals surface area contributed by atoms with Gasteiger partial charge in [0.1, 0.15) is 0 Å². The first-order valence-electron chi connectivity index (χ1n) is 5.72. The second-order valence-corrected chi connectivity index (χ2v) is 3.91. The molecule has 18 heavy (non-hydrogen) atoms. The quantitative estimate of drug-likeness (QED) is 0.600. The van der Waals surface area contributed by atoms with Crippen molar-refractivity contribution >= 4 is 17.9 Å². The zero-order valence-corrected chi connectivity index (χ0v) is 10.7. The first kappa shape index (κ1) is 16.1. The Morgan fingerprint density at radius 2 is 1.33 bits per heavy atom. The third-order valence-corrected chi connectivity index (χ3v) is 3.22. The molecule has 0 spiro atoms. The molecular weight excluding hydrogens is 240 g/mol. The van der Waals surface area contributed by atoms with Crippen molar-refractivity contribution in [3.8, 4) is 0 Å². The molecule has 0 aliphatic carbocycles. The molecule has 0 unspecified atom stereocenters. The van der Waals surface area contributed by atoms with Gasteiger partial charge in [-0.25, -0.2) is 9.59 Å². The molecule has 0 aromatic rings. The number of carboxylic acid groups (broad SMARTS) is 3. The van der Waals surface area contributed by atoms with Crippen LogP contribution in [0.5, 0.6) is 0 Å². The van der Waals surface area contributed by atoms with Crippen molar-refractivity contribution in [1.29, 1.82) is 0 Å². The number of carboxylic acids is 3. The van der Waals surface area contributed by atoms with E-state index >= 15 is 0 Å². The van der Waals surface area contributed by atoms with Crippen molar-refractivity contribution < 1.29 is 29.7 Å². The topological polar surface area (TPSA) is 112 Å². The van der Waals surface area contributed by atoms with Crippen LogP contribution in [0.2, 0.25) is 0 Å². The van der Waals surface area contributed by atoms with Crippen LogP contribution in [0, 0.1) is 5.41 Å². The van der Waals surface area contributed by atoms with Gasteiger partial charge in [0, 0.05) is 5.57 Å². The van der Waals surface area contributed by atoms with Crippen LogP contribution in [-0.2, 0) is 14.4 Å². The first-order valence-corrected chi connectivity index (χ1v) is 5.72. The Morgan fingerprint density at radius 1 is 0.889 bits per heavy atom. The van der Waals surface area contributed by atoms with Crippen molar-refractivity contribution in [1.82, 2.24) is 0 Å². The van der Waals surface area contributed by atoms with Gasteiger partial charge in [-0.3, -0.25) is 4.79 Å². The van der Waals surface area contributed by atoms with Crippen LogP contribution < -0.4 is 0 Å². The van der Waals surface area contributed by atoms with Gasteiger partial charge >= 0.3 is 17.9 Å². The van der Waals surface area contributed by atoms with Gasteiger partial charge < -0.3 is 15.3 Å². The second kappa shape index (κ2) is 6.18. The van der Waals surface area contributed by atoms with Crippen LogP contribution in [0.4, 0.5) is 0 Å². The lowest BCUT2D eigenvalue weighted by Gasteiger charge is -2.28. The summed E-state index contributed by atoms with van der Waals surface area (Å²) < 4.78 is 0. The monoisotopic (exact) mass is 258 g/mol. The number of aliphatic carboxylic acids is 3. The maximum absolute atomic E-state index is 11.4. The molecule has 0 atom stereocenters. The Morgan fingerprint density at radius 3 is 1.50 bits per heavy atom. The number of hydrogen-bond acceptors (Lipinski definition) is 3. The lowest BCUT2D eigenvalue weighted by molar-refractivity contribution is -0.150. The van der Waals surface area contributed by atoms with Gasteiger partial charge in [-0.15, -0.1) is 0 Å². The van der Waals surface area contributed by atoms with E-state index in [-0.39, 0.29) is 24.8 Å². The minimum Gasteiger partial charge on any atom is -0.481 e. The molecule has 0 heterocycles. The molecule has 0 aromatic carbocycles. The van der Waals surface area contributed by atoms with E-state index in [2.05, 4.69) is 0 Å². The van der Waals surface area contributed by atoms with Crippen LogP contribution in [-0.4, -0.2) is 33.2 Å². The summed E-state index contributed by atoms with van der Waals surface area (Å²) in [6.45, 7) is 4.57. The molecular formula is C12H18O6. The van der Waals surface area contributed by atoms with Gasteiger partial charge in [-0.2, -0.15) is 0 Å². The van der Waals surface area contributed by atoms with Gasteiger partial charge in [-0.05, 0) is 19.3 Å². The van der Waals surface area contributed by atoms with Gasteiger partial charge in [-0.1, -0.05) is 20.8 Å². The molecule has 0 saturated heterocycles. The molecule has 6 heteroatoms. The Hall–Kier alpha value is -1.85. The summed E-state index contributed by atoms with van der Waals surface area (Å²) in [6, 6.07) is 0. The second-order valence-electron chi connectivity index (χ2n) is 3.91. The molecule has 0 amide bonds. The van der Waals surface area contributed by atoms with E-state index in [0.29, 0.717) is 0 Å². The number of hydrogen-bond donors (Lipinski definition) is 3. The summed E-state index contributed by atoms with van der Waals surface area (Å²) >= 11 is 0. The van der Waals surface area contributed by atoms with Gasteiger partial charge in [0.25, 0.3) is 0 Å². The maximum atomic E-state index is 11.4. The fourth-order valence-electron chi connectivity index (χ4n) is 2.07. The van der Waals surface area contributed by atoms with E-state index in [1.807, 2.05) is 0 Å². The molecule has 0 fully saturated rings. The summed E-state index contributed by atoms with van der Waals surface area (Å²) in [5.41, 5.74) is -2.53. The van der Waals surface area contributed by atoms with E-state index in [0.717, 1.165) is 0 Å². The highest BCUT2D eigenvalue weighted by molar-refractivity contribution is 6.04. The van der Waals surface area contributed by atoms with Crippen LogP contribution in [0.3, 0.4) is 0 Å². The van der Waals surface area contributed by atoms with Crippen LogP contribution in [0.15, 0.2) is 11.1 Å². The third kappa shape index (κ3) is 2.69. The molecule has 6 nitrogen and oxygen atoms in total. The van der Waals surface area contributed by atoms with E-state index in [1.54, 1.807) is 0 Å². The molecule has 0 radical (unpaired) electrons. The van der Waals surface area contributed by atoms with Crippen LogP contribution >= 0.6 is 0 Å². The smallest absolute Gasteiger partial charge is 0.333 e. The van der Waals surface area contributed by atoms with E-state index in [1.165, 1.54) is 20.8 Å². The van der Waals surface area contributed by atoms with Crippen molar-refractivity contribution in [2.75, 3.05) is 0 Å². The van der Waals surface area contributed by atoms with Crippen LogP contribution in [0.25, 0.3) is 0 Å². The average Bonchev–Trinajstić information content (AvgIpc) is 2.28. The molecule has 3 N–H and O–H groups in total. The standard InChI is InChI=1S/C12H18O6/c1-4-7(9(13)14)8(10(15)16)12(5-2,6-3)11(17)18/h4-6H2,1-3H3,(H,13,14)(H,15,16)(H,17,18). The highest BCUT2D eigenvalue weighted by Crippen LogP contribution is 2.38. The van der Waals surface area contributed by atoms with Gasteiger partial charge in [0.05, 0.1) is 11.0 Å². The molecule has 102 valence electrons. The summed E-state index contributed by atoms with van der Waals surface area (Å²) in [5, 5.41) is 27.5.